The van der Waals surface area contributed by atoms with Crippen LogP contribution in [0.2, 0.25) is 10.0 Å². The first-order valence-electron chi connectivity index (χ1n) is 13.8. The Labute approximate surface area is 252 Å². The van der Waals surface area contributed by atoms with Gasteiger partial charge in [0.15, 0.2) is 5.78 Å². The van der Waals surface area contributed by atoms with E-state index < -0.39 is 5.97 Å². The Bertz CT molecular complexity index is 1430. The monoisotopic (exact) mass is 593 g/mol. The minimum absolute atomic E-state index is 0.109. The summed E-state index contributed by atoms with van der Waals surface area (Å²) in [6.07, 6.45) is 2.15. The van der Waals surface area contributed by atoms with E-state index >= 15 is 0 Å². The molecule has 216 valence electrons. The summed E-state index contributed by atoms with van der Waals surface area (Å²) >= 11 is 12.3. The van der Waals surface area contributed by atoms with Crippen LogP contribution in [-0.4, -0.2) is 39.7 Å². The number of halogens is 2. The summed E-state index contributed by atoms with van der Waals surface area (Å²) in [7, 11) is 0. The molecule has 4 rings (SSSR count). The number of anilines is 1. The first kappa shape index (κ1) is 31.9. The smallest absolute Gasteiger partial charge is 0.307 e. The fraction of sp³-hybridized carbons (Fsp3) is 0.303. The predicted molar refractivity (Wildman–Crippen MR) is 169 cm³/mol. The summed E-state index contributed by atoms with van der Waals surface area (Å²) < 4.78 is 1.51. The lowest BCUT2D eigenvalue weighted by molar-refractivity contribution is -0.136. The molecule has 8 heteroatoms. The first-order valence-corrected chi connectivity index (χ1v) is 14.5. The molecule has 0 radical (unpaired) electrons. The number of nitrogens with zero attached hydrogens (tertiary/aromatic N) is 3. The van der Waals surface area contributed by atoms with E-state index in [-0.39, 0.29) is 17.9 Å². The van der Waals surface area contributed by atoms with Gasteiger partial charge in [-0.1, -0.05) is 86.4 Å². The summed E-state index contributed by atoms with van der Waals surface area (Å²) in [5, 5.41) is 14.7. The highest BCUT2D eigenvalue weighted by Crippen LogP contribution is 2.33. The van der Waals surface area contributed by atoms with Crippen molar-refractivity contribution >= 4 is 40.6 Å². The van der Waals surface area contributed by atoms with Crippen LogP contribution in [0, 0.1) is 5.92 Å². The van der Waals surface area contributed by atoms with Gasteiger partial charge in [0, 0.05) is 41.9 Å². The quantitative estimate of drug-likeness (QED) is 0.176. The van der Waals surface area contributed by atoms with Gasteiger partial charge in [-0.15, -0.1) is 0 Å². The molecule has 0 bridgehead atoms. The molecule has 0 aliphatic heterocycles. The van der Waals surface area contributed by atoms with Crippen LogP contribution in [-0.2, 0) is 11.2 Å². The van der Waals surface area contributed by atoms with Crippen LogP contribution >= 0.6 is 23.2 Å². The Morgan fingerprint density at radius 1 is 0.927 bits per heavy atom. The van der Waals surface area contributed by atoms with Gasteiger partial charge in [-0.05, 0) is 55.2 Å². The van der Waals surface area contributed by atoms with Crippen molar-refractivity contribution in [2.45, 2.75) is 47.0 Å². The number of carboxylic acids is 1. The Balaban J connectivity index is 0.000000263. The average molecular weight is 595 g/mol. The van der Waals surface area contributed by atoms with Crippen molar-refractivity contribution in [2.75, 3.05) is 18.0 Å². The minimum Gasteiger partial charge on any atom is -0.481 e. The third-order valence-corrected chi connectivity index (χ3v) is 7.01. The zero-order valence-electron chi connectivity index (χ0n) is 24.0. The van der Waals surface area contributed by atoms with Crippen molar-refractivity contribution in [3.63, 3.8) is 0 Å². The number of rotatable bonds is 11. The van der Waals surface area contributed by atoms with Gasteiger partial charge < -0.3 is 10.0 Å². The highest BCUT2D eigenvalue weighted by Gasteiger charge is 2.25. The lowest BCUT2D eigenvalue weighted by Crippen LogP contribution is -2.26. The zero-order chi connectivity index (χ0) is 29.9. The fourth-order valence-corrected chi connectivity index (χ4v) is 4.79. The number of aliphatic carboxylic acids is 1. The standard InChI is InChI=1S/C19H14Cl2N2O3.C14H23N/c1-11(24)18-14(10-17(25)26)19(12-6-8-13(20)9-7-12)23(22-18)16-5-3-2-4-15(16)21;1-4-11-15(12-10-13(2)3)14-8-6-5-7-9-14/h2-9H,10H2,1H3,(H,25,26);5-9,13H,4,10-12H2,1-3H3. The Kier molecular flexibility index (Phi) is 12.0. The van der Waals surface area contributed by atoms with Crippen molar-refractivity contribution in [1.29, 1.82) is 0 Å². The topological polar surface area (TPSA) is 75.4 Å². The molecule has 0 fully saturated rings. The predicted octanol–water partition coefficient (Wildman–Crippen LogP) is 8.62. The number of carbonyl (C=O) groups excluding carboxylic acids is 1. The fourth-order valence-electron chi connectivity index (χ4n) is 4.45. The van der Waals surface area contributed by atoms with Crippen molar-refractivity contribution in [1.82, 2.24) is 9.78 Å². The summed E-state index contributed by atoms with van der Waals surface area (Å²) in [6, 6.07) is 24.6. The van der Waals surface area contributed by atoms with E-state index in [1.807, 2.05) is 0 Å². The molecule has 1 N–H and O–H groups in total. The lowest BCUT2D eigenvalue weighted by Gasteiger charge is -2.25. The molecule has 0 unspecified atom stereocenters. The van der Waals surface area contributed by atoms with Gasteiger partial charge in [0.05, 0.1) is 22.8 Å². The second kappa shape index (κ2) is 15.4. The molecule has 0 saturated heterocycles. The Morgan fingerprint density at radius 3 is 2.12 bits per heavy atom. The van der Waals surface area contributed by atoms with Gasteiger partial charge in [0.1, 0.15) is 5.69 Å². The maximum absolute atomic E-state index is 12.1. The highest BCUT2D eigenvalue weighted by atomic mass is 35.5. The van der Waals surface area contributed by atoms with Crippen molar-refractivity contribution < 1.29 is 14.7 Å². The normalized spacial score (nSPS) is 10.7. The molecule has 0 spiro atoms. The molecule has 0 aliphatic rings. The molecule has 0 aliphatic carbocycles. The number of carboxylic acid groups (broad SMARTS) is 1. The van der Waals surface area contributed by atoms with Gasteiger partial charge in [0.2, 0.25) is 0 Å². The van der Waals surface area contributed by atoms with Crippen LogP contribution in [0.15, 0.2) is 78.9 Å². The average Bonchev–Trinajstić information content (AvgIpc) is 3.31. The van der Waals surface area contributed by atoms with Crippen LogP contribution in [0.4, 0.5) is 5.69 Å². The molecule has 6 nitrogen and oxygen atoms in total. The molecule has 0 saturated carbocycles. The van der Waals surface area contributed by atoms with Crippen LogP contribution in [0.3, 0.4) is 0 Å². The second-order valence-corrected chi connectivity index (χ2v) is 11.0. The molecule has 0 amide bonds. The molecule has 1 heterocycles. The summed E-state index contributed by atoms with van der Waals surface area (Å²) in [5.41, 5.74) is 3.55. The maximum Gasteiger partial charge on any atom is 0.307 e. The summed E-state index contributed by atoms with van der Waals surface area (Å²) in [4.78, 5) is 26.0. The summed E-state index contributed by atoms with van der Waals surface area (Å²) in [5.74, 6) is -0.586. The molecule has 41 heavy (non-hydrogen) atoms. The van der Waals surface area contributed by atoms with Crippen molar-refractivity contribution in [2.24, 2.45) is 5.92 Å². The maximum atomic E-state index is 12.1. The molecular formula is C33H37Cl2N3O3. The number of aromatic nitrogens is 2. The number of Topliss-reactive ketones (excluding diaryl/α,β-unsaturated/α-hetero) is 1. The van der Waals surface area contributed by atoms with E-state index in [4.69, 9.17) is 23.2 Å². The van der Waals surface area contributed by atoms with Gasteiger partial charge in [-0.2, -0.15) is 5.10 Å². The SMILES string of the molecule is CC(=O)c1nn(-c2ccccc2Cl)c(-c2ccc(Cl)cc2)c1CC(=O)O.CCCN(CCC(C)C)c1ccccc1. The molecule has 1 aromatic heterocycles. The van der Waals surface area contributed by atoms with E-state index in [0.717, 1.165) is 12.5 Å². The van der Waals surface area contributed by atoms with Crippen LogP contribution in [0.1, 0.15) is 56.6 Å². The van der Waals surface area contributed by atoms with Crippen LogP contribution < -0.4 is 4.90 Å². The van der Waals surface area contributed by atoms with Crippen LogP contribution in [0.5, 0.6) is 0 Å². The summed E-state index contributed by atoms with van der Waals surface area (Å²) in [6.45, 7) is 10.5. The number of carbonyl (C=O) groups is 2. The number of ketones is 1. The molecule has 0 atom stereocenters. The number of para-hydroxylation sites is 2. The number of benzene rings is 3. The molecule has 4 aromatic rings. The second-order valence-electron chi connectivity index (χ2n) is 10.2. The Hall–Kier alpha value is -3.61. The van der Waals surface area contributed by atoms with Gasteiger partial charge in [0.25, 0.3) is 0 Å². The van der Waals surface area contributed by atoms with E-state index in [2.05, 4.69) is 61.1 Å². The van der Waals surface area contributed by atoms with Crippen molar-refractivity contribution in [3.05, 3.63) is 100 Å². The van der Waals surface area contributed by atoms with Crippen molar-refractivity contribution in [3.8, 4) is 16.9 Å². The minimum atomic E-state index is -1.05. The van der Waals surface area contributed by atoms with Gasteiger partial charge >= 0.3 is 5.97 Å². The van der Waals surface area contributed by atoms with Crippen LogP contribution in [0.25, 0.3) is 16.9 Å². The highest BCUT2D eigenvalue weighted by molar-refractivity contribution is 6.32. The zero-order valence-corrected chi connectivity index (χ0v) is 25.5. The number of hydrogen-bond donors (Lipinski definition) is 1. The number of hydrogen-bond acceptors (Lipinski definition) is 4. The largest absolute Gasteiger partial charge is 0.481 e. The molecule has 3 aromatic carbocycles. The van der Waals surface area contributed by atoms with Gasteiger partial charge in [-0.25, -0.2) is 4.68 Å². The van der Waals surface area contributed by atoms with Gasteiger partial charge in [-0.3, -0.25) is 9.59 Å². The first-order chi connectivity index (χ1) is 19.6. The Morgan fingerprint density at radius 2 is 1.56 bits per heavy atom. The third kappa shape index (κ3) is 8.94. The third-order valence-electron chi connectivity index (χ3n) is 6.43. The van der Waals surface area contributed by atoms with E-state index in [9.17, 15) is 14.7 Å². The van der Waals surface area contributed by atoms with E-state index in [1.165, 1.54) is 36.7 Å². The molecular weight excluding hydrogens is 557 g/mol. The lowest BCUT2D eigenvalue weighted by atomic mass is 10.0. The van der Waals surface area contributed by atoms with E-state index in [0.29, 0.717) is 32.6 Å². The van der Waals surface area contributed by atoms with E-state index in [1.54, 1.807) is 48.5 Å².